The van der Waals surface area contributed by atoms with E-state index >= 15 is 0 Å². The Morgan fingerprint density at radius 1 is 1.50 bits per heavy atom. The lowest BCUT2D eigenvalue weighted by Crippen LogP contribution is -1.99. The van der Waals surface area contributed by atoms with Crippen LogP contribution in [0.5, 0.6) is 0 Å². The number of aliphatic carboxylic acids is 1. The van der Waals surface area contributed by atoms with E-state index in [1.165, 1.54) is 6.20 Å². The molecule has 0 aliphatic rings. The van der Waals surface area contributed by atoms with Gasteiger partial charge in [-0.15, -0.1) is 0 Å². The molecule has 0 saturated carbocycles. The molecule has 2 N–H and O–H groups in total. The minimum Gasteiger partial charge on any atom is -0.481 e. The van der Waals surface area contributed by atoms with Gasteiger partial charge in [0.15, 0.2) is 5.76 Å². The number of carbonyl (C=O) groups is 1. The second-order valence-corrected chi connectivity index (χ2v) is 2.84. The molecule has 0 bridgehead atoms. The summed E-state index contributed by atoms with van der Waals surface area (Å²) in [5.74, 6) is -0.266. The summed E-state index contributed by atoms with van der Waals surface area (Å²) in [6.45, 7) is 0. The lowest BCUT2D eigenvalue weighted by Gasteiger charge is -1.91. The van der Waals surface area contributed by atoms with Crippen molar-refractivity contribution in [1.82, 2.24) is 10.1 Å². The minimum absolute atomic E-state index is 0.0197. The van der Waals surface area contributed by atoms with Crippen LogP contribution in [0.2, 0.25) is 0 Å². The number of nitrogens with one attached hydrogen (secondary N) is 1. The summed E-state index contributed by atoms with van der Waals surface area (Å²) in [5, 5.41) is 12.1. The number of hydrogen-bond donors (Lipinski definition) is 2. The van der Waals surface area contributed by atoms with Gasteiger partial charge in [-0.05, 0) is 12.1 Å². The molecule has 0 unspecified atom stereocenters. The van der Waals surface area contributed by atoms with Gasteiger partial charge in [0.2, 0.25) is 0 Å². The molecule has 0 aromatic carbocycles. The molecule has 72 valence electrons. The van der Waals surface area contributed by atoms with Gasteiger partial charge in [-0.1, -0.05) is 5.16 Å². The molecule has 0 aliphatic heterocycles. The molecular weight excluding hydrogens is 184 g/mol. The van der Waals surface area contributed by atoms with Gasteiger partial charge in [0.25, 0.3) is 0 Å². The van der Waals surface area contributed by atoms with Gasteiger partial charge in [0.1, 0.15) is 0 Å². The van der Waals surface area contributed by atoms with E-state index < -0.39 is 5.97 Å². The zero-order valence-corrected chi connectivity index (χ0v) is 7.23. The van der Waals surface area contributed by atoms with Gasteiger partial charge >= 0.3 is 5.97 Å². The maximum Gasteiger partial charge on any atom is 0.309 e. The summed E-state index contributed by atoms with van der Waals surface area (Å²) in [7, 11) is 0. The normalized spacial score (nSPS) is 10.3. The van der Waals surface area contributed by atoms with Crippen LogP contribution in [0.4, 0.5) is 0 Å². The number of aromatic nitrogens is 2. The molecule has 2 aromatic heterocycles. The third-order valence-corrected chi connectivity index (χ3v) is 1.79. The highest BCUT2D eigenvalue weighted by molar-refractivity contribution is 5.70. The average Bonchev–Trinajstić information content (AvgIpc) is 2.69. The molecule has 0 saturated heterocycles. The first-order chi connectivity index (χ1) is 6.75. The summed E-state index contributed by atoms with van der Waals surface area (Å²) < 4.78 is 4.91. The van der Waals surface area contributed by atoms with Gasteiger partial charge in [0, 0.05) is 11.8 Å². The summed E-state index contributed by atoms with van der Waals surface area (Å²) in [4.78, 5) is 13.3. The van der Waals surface area contributed by atoms with Crippen LogP contribution in [0.1, 0.15) is 5.69 Å². The number of rotatable bonds is 3. The number of aromatic amines is 1. The van der Waals surface area contributed by atoms with Crippen molar-refractivity contribution in [1.29, 1.82) is 0 Å². The summed E-state index contributed by atoms with van der Waals surface area (Å²) in [6.07, 6.45) is 1.52. The molecule has 0 amide bonds. The monoisotopic (exact) mass is 192 g/mol. The van der Waals surface area contributed by atoms with Crippen molar-refractivity contribution < 1.29 is 14.4 Å². The number of H-pyrrole nitrogens is 1. The topological polar surface area (TPSA) is 79.1 Å². The highest BCUT2D eigenvalue weighted by Crippen LogP contribution is 2.17. The van der Waals surface area contributed by atoms with Crippen molar-refractivity contribution in [3.8, 4) is 11.5 Å². The van der Waals surface area contributed by atoms with Crippen LogP contribution in [0.25, 0.3) is 11.5 Å². The molecule has 0 aliphatic carbocycles. The maximum absolute atomic E-state index is 10.4. The van der Waals surface area contributed by atoms with Crippen molar-refractivity contribution in [2.75, 3.05) is 0 Å². The molecule has 0 fully saturated rings. The Morgan fingerprint density at radius 2 is 2.36 bits per heavy atom. The number of hydrogen-bond acceptors (Lipinski definition) is 3. The Bertz CT molecular complexity index is 431. The van der Waals surface area contributed by atoms with E-state index in [0.29, 0.717) is 11.5 Å². The third-order valence-electron chi connectivity index (χ3n) is 1.79. The maximum atomic E-state index is 10.4. The molecular formula is C9H8N2O3. The standard InChI is InChI=1S/C9H8N2O3/c12-9(13)5-6-1-2-7(11-6)8-3-4-10-14-8/h1-4,11H,5H2,(H,12,13). The van der Waals surface area contributed by atoms with Gasteiger partial charge in [-0.3, -0.25) is 4.79 Å². The molecule has 2 aromatic rings. The molecule has 5 nitrogen and oxygen atoms in total. The first kappa shape index (κ1) is 8.55. The van der Waals surface area contributed by atoms with Crippen molar-refractivity contribution in [2.45, 2.75) is 6.42 Å². The average molecular weight is 192 g/mol. The van der Waals surface area contributed by atoms with E-state index in [0.717, 1.165) is 5.69 Å². The van der Waals surface area contributed by atoms with E-state index in [4.69, 9.17) is 9.63 Å². The fourth-order valence-electron chi connectivity index (χ4n) is 1.20. The molecule has 0 spiro atoms. The van der Waals surface area contributed by atoms with Crippen molar-refractivity contribution in [3.05, 3.63) is 30.1 Å². The van der Waals surface area contributed by atoms with Gasteiger partial charge in [-0.2, -0.15) is 0 Å². The lowest BCUT2D eigenvalue weighted by molar-refractivity contribution is -0.136. The zero-order chi connectivity index (χ0) is 9.97. The van der Waals surface area contributed by atoms with E-state index in [2.05, 4.69) is 10.1 Å². The van der Waals surface area contributed by atoms with E-state index in [-0.39, 0.29) is 6.42 Å². The highest BCUT2D eigenvalue weighted by Gasteiger charge is 2.06. The van der Waals surface area contributed by atoms with Crippen LogP contribution in [-0.4, -0.2) is 21.2 Å². The van der Waals surface area contributed by atoms with Crippen LogP contribution in [-0.2, 0) is 11.2 Å². The van der Waals surface area contributed by atoms with Gasteiger partial charge in [-0.25, -0.2) is 0 Å². The van der Waals surface area contributed by atoms with E-state index in [1.807, 2.05) is 0 Å². The molecule has 5 heteroatoms. The van der Waals surface area contributed by atoms with Crippen LogP contribution in [0, 0.1) is 0 Å². The highest BCUT2D eigenvalue weighted by atomic mass is 16.5. The van der Waals surface area contributed by atoms with Crippen LogP contribution in [0.15, 0.2) is 28.9 Å². The summed E-state index contributed by atoms with van der Waals surface area (Å²) in [5.41, 5.74) is 1.38. The summed E-state index contributed by atoms with van der Waals surface area (Å²) in [6, 6.07) is 5.18. The Morgan fingerprint density at radius 3 is 3.00 bits per heavy atom. The van der Waals surface area contributed by atoms with Gasteiger partial charge in [0.05, 0.1) is 18.3 Å². The number of carboxylic acids is 1. The largest absolute Gasteiger partial charge is 0.481 e. The van der Waals surface area contributed by atoms with Crippen molar-refractivity contribution >= 4 is 5.97 Å². The molecule has 2 heterocycles. The molecule has 0 radical (unpaired) electrons. The Hall–Kier alpha value is -2.04. The summed E-state index contributed by atoms with van der Waals surface area (Å²) >= 11 is 0. The van der Waals surface area contributed by atoms with Crippen molar-refractivity contribution in [3.63, 3.8) is 0 Å². The second kappa shape index (κ2) is 3.37. The SMILES string of the molecule is O=C(O)Cc1ccc(-c2ccno2)[nH]1. The lowest BCUT2D eigenvalue weighted by atomic mass is 10.3. The number of carboxylic acid groups (broad SMARTS) is 1. The Labute approximate surface area is 79.3 Å². The fraction of sp³-hybridized carbons (Fsp3) is 0.111. The van der Waals surface area contributed by atoms with Crippen LogP contribution >= 0.6 is 0 Å². The second-order valence-electron chi connectivity index (χ2n) is 2.84. The predicted octanol–water partition coefficient (Wildman–Crippen LogP) is 1.30. The smallest absolute Gasteiger partial charge is 0.309 e. The fourth-order valence-corrected chi connectivity index (χ4v) is 1.20. The van der Waals surface area contributed by atoms with E-state index in [1.54, 1.807) is 18.2 Å². The molecule has 14 heavy (non-hydrogen) atoms. The minimum atomic E-state index is -0.865. The van der Waals surface area contributed by atoms with Crippen LogP contribution < -0.4 is 0 Å². The Balaban J connectivity index is 2.22. The first-order valence-electron chi connectivity index (χ1n) is 4.06. The van der Waals surface area contributed by atoms with Gasteiger partial charge < -0.3 is 14.6 Å². The third kappa shape index (κ3) is 1.66. The van der Waals surface area contributed by atoms with Crippen LogP contribution in [0.3, 0.4) is 0 Å². The van der Waals surface area contributed by atoms with E-state index in [9.17, 15) is 4.79 Å². The van der Waals surface area contributed by atoms with Crippen molar-refractivity contribution in [2.24, 2.45) is 0 Å². The quantitative estimate of drug-likeness (QED) is 0.768. The number of nitrogens with zero attached hydrogens (tertiary/aromatic N) is 1. The first-order valence-corrected chi connectivity index (χ1v) is 4.06. The predicted molar refractivity (Wildman–Crippen MR) is 47.6 cm³/mol. The molecule has 0 atom stereocenters. The zero-order valence-electron chi connectivity index (χ0n) is 7.23. The Kier molecular flexibility index (Phi) is 2.06. The molecule has 2 rings (SSSR count).